The van der Waals surface area contributed by atoms with Gasteiger partial charge >= 0.3 is 0 Å². The first-order valence-electron chi connectivity index (χ1n) is 5.89. The third kappa shape index (κ3) is 3.02. The van der Waals surface area contributed by atoms with Gasteiger partial charge in [-0.25, -0.2) is 0 Å². The molecule has 3 heteroatoms. The van der Waals surface area contributed by atoms with Crippen LogP contribution >= 0.6 is 0 Å². The lowest BCUT2D eigenvalue weighted by Crippen LogP contribution is -2.02. The van der Waals surface area contributed by atoms with Crippen LogP contribution in [0.4, 0.5) is 5.69 Å². The van der Waals surface area contributed by atoms with E-state index in [4.69, 9.17) is 4.74 Å². The monoisotopic (exact) mass is 243 g/mol. The Bertz CT molecular complexity index is 511. The van der Waals surface area contributed by atoms with E-state index >= 15 is 0 Å². The van der Waals surface area contributed by atoms with Gasteiger partial charge in [0, 0.05) is 17.8 Å². The smallest absolute Gasteiger partial charge is 0.119 e. The fourth-order valence-electron chi connectivity index (χ4n) is 1.81. The predicted molar refractivity (Wildman–Crippen MR) is 72.7 cm³/mol. The van der Waals surface area contributed by atoms with Gasteiger partial charge in [-0.2, -0.15) is 0 Å². The van der Waals surface area contributed by atoms with Crippen molar-refractivity contribution in [2.24, 2.45) is 0 Å². The first-order valence-corrected chi connectivity index (χ1v) is 5.89. The molecule has 0 spiro atoms. The largest absolute Gasteiger partial charge is 0.497 e. The van der Waals surface area contributed by atoms with Crippen LogP contribution in [0.15, 0.2) is 48.5 Å². The molecule has 94 valence electrons. The molecule has 0 atom stereocenters. The van der Waals surface area contributed by atoms with E-state index in [1.165, 1.54) is 0 Å². The van der Waals surface area contributed by atoms with E-state index in [0.29, 0.717) is 6.54 Å². The summed E-state index contributed by atoms with van der Waals surface area (Å²) in [6.45, 7) is 0.746. The van der Waals surface area contributed by atoms with Gasteiger partial charge in [0.2, 0.25) is 0 Å². The van der Waals surface area contributed by atoms with Crippen molar-refractivity contribution >= 4 is 5.69 Å². The summed E-state index contributed by atoms with van der Waals surface area (Å²) < 4.78 is 5.18. The Balaban J connectivity index is 2.06. The van der Waals surface area contributed by atoms with Gasteiger partial charge in [0.25, 0.3) is 0 Å². The summed E-state index contributed by atoms with van der Waals surface area (Å²) in [5.74, 6) is 0.852. The molecule has 2 aromatic rings. The maximum absolute atomic E-state index is 9.24. The van der Waals surface area contributed by atoms with Crippen molar-refractivity contribution in [2.45, 2.75) is 13.2 Å². The molecule has 0 radical (unpaired) electrons. The lowest BCUT2D eigenvalue weighted by Gasteiger charge is -2.11. The third-order valence-corrected chi connectivity index (χ3v) is 2.80. The maximum atomic E-state index is 9.24. The Labute approximate surface area is 107 Å². The molecular weight excluding hydrogens is 226 g/mol. The van der Waals surface area contributed by atoms with Crippen molar-refractivity contribution in [3.8, 4) is 5.75 Å². The summed E-state index contributed by atoms with van der Waals surface area (Å²) >= 11 is 0. The molecule has 0 saturated carbocycles. The molecule has 0 aromatic heterocycles. The van der Waals surface area contributed by atoms with Gasteiger partial charge < -0.3 is 15.2 Å². The molecular formula is C15H17NO2. The minimum Gasteiger partial charge on any atom is -0.497 e. The summed E-state index contributed by atoms with van der Waals surface area (Å²) in [6, 6.07) is 15.7. The van der Waals surface area contributed by atoms with Crippen LogP contribution in [0.3, 0.4) is 0 Å². The van der Waals surface area contributed by atoms with Gasteiger partial charge in [-0.1, -0.05) is 30.3 Å². The summed E-state index contributed by atoms with van der Waals surface area (Å²) in [4.78, 5) is 0. The number of methoxy groups -OCH3 is 1. The van der Waals surface area contributed by atoms with Crippen molar-refractivity contribution in [2.75, 3.05) is 12.4 Å². The van der Waals surface area contributed by atoms with Crippen LogP contribution < -0.4 is 10.1 Å². The standard InChI is InChI=1S/C15H17NO2/c1-18-14-7-4-5-12(9-14)10-16-15-8-3-2-6-13(15)11-17/h2-9,16-17H,10-11H2,1H3. The Morgan fingerprint density at radius 2 is 1.94 bits per heavy atom. The number of hydrogen-bond acceptors (Lipinski definition) is 3. The highest BCUT2D eigenvalue weighted by atomic mass is 16.5. The van der Waals surface area contributed by atoms with Crippen molar-refractivity contribution in [3.63, 3.8) is 0 Å². The Hall–Kier alpha value is -2.00. The molecule has 2 rings (SSSR count). The molecule has 0 fully saturated rings. The molecule has 2 N–H and O–H groups in total. The number of para-hydroxylation sites is 1. The summed E-state index contributed by atoms with van der Waals surface area (Å²) in [5, 5.41) is 12.6. The number of ether oxygens (including phenoxy) is 1. The molecule has 18 heavy (non-hydrogen) atoms. The highest BCUT2D eigenvalue weighted by Gasteiger charge is 2.00. The summed E-state index contributed by atoms with van der Waals surface area (Å²) in [6.07, 6.45) is 0. The molecule has 0 saturated heterocycles. The molecule has 0 heterocycles. The van der Waals surface area contributed by atoms with E-state index in [9.17, 15) is 5.11 Å². The highest BCUT2D eigenvalue weighted by molar-refractivity contribution is 5.51. The second-order valence-electron chi connectivity index (χ2n) is 4.02. The van der Waals surface area contributed by atoms with Gasteiger partial charge in [-0.15, -0.1) is 0 Å². The second kappa shape index (κ2) is 6.07. The molecule has 0 aliphatic rings. The number of aliphatic hydroxyl groups is 1. The highest BCUT2D eigenvalue weighted by Crippen LogP contribution is 2.17. The fourth-order valence-corrected chi connectivity index (χ4v) is 1.81. The van der Waals surface area contributed by atoms with E-state index in [1.54, 1.807) is 7.11 Å². The van der Waals surface area contributed by atoms with Gasteiger partial charge in [0.05, 0.1) is 13.7 Å². The van der Waals surface area contributed by atoms with Crippen molar-refractivity contribution in [3.05, 3.63) is 59.7 Å². The number of rotatable bonds is 5. The Morgan fingerprint density at radius 3 is 2.72 bits per heavy atom. The molecule has 0 aliphatic heterocycles. The third-order valence-electron chi connectivity index (χ3n) is 2.80. The fraction of sp³-hybridized carbons (Fsp3) is 0.200. The molecule has 0 aliphatic carbocycles. The lowest BCUT2D eigenvalue weighted by atomic mass is 10.1. The van der Waals surface area contributed by atoms with Crippen LogP contribution in [0.1, 0.15) is 11.1 Å². The first-order chi connectivity index (χ1) is 8.83. The molecule has 0 unspecified atom stereocenters. The SMILES string of the molecule is COc1cccc(CNc2ccccc2CO)c1. The average molecular weight is 243 g/mol. The van der Waals surface area contributed by atoms with Gasteiger partial charge in [-0.3, -0.25) is 0 Å². The average Bonchev–Trinajstić information content (AvgIpc) is 2.45. The quantitative estimate of drug-likeness (QED) is 0.848. The summed E-state index contributed by atoms with van der Waals surface area (Å²) in [5.41, 5.74) is 3.00. The summed E-state index contributed by atoms with van der Waals surface area (Å²) in [7, 11) is 1.66. The minimum atomic E-state index is 0.0429. The van der Waals surface area contributed by atoms with Gasteiger partial charge in [-0.05, 0) is 23.8 Å². The van der Waals surface area contributed by atoms with E-state index in [0.717, 1.165) is 22.6 Å². The van der Waals surface area contributed by atoms with Crippen LogP contribution in [0.5, 0.6) is 5.75 Å². The molecule has 3 nitrogen and oxygen atoms in total. The van der Waals surface area contributed by atoms with Gasteiger partial charge in [0.15, 0.2) is 0 Å². The van der Waals surface area contributed by atoms with Crippen LogP contribution in [0.2, 0.25) is 0 Å². The number of aliphatic hydroxyl groups excluding tert-OH is 1. The maximum Gasteiger partial charge on any atom is 0.119 e. The second-order valence-corrected chi connectivity index (χ2v) is 4.02. The number of nitrogens with one attached hydrogen (secondary N) is 1. The number of anilines is 1. The zero-order valence-corrected chi connectivity index (χ0v) is 10.4. The molecule has 0 amide bonds. The van der Waals surface area contributed by atoms with E-state index in [-0.39, 0.29) is 6.61 Å². The number of benzene rings is 2. The lowest BCUT2D eigenvalue weighted by molar-refractivity contribution is 0.282. The van der Waals surface area contributed by atoms with E-state index in [1.807, 2.05) is 48.5 Å². The minimum absolute atomic E-state index is 0.0429. The normalized spacial score (nSPS) is 10.1. The zero-order valence-electron chi connectivity index (χ0n) is 10.4. The predicted octanol–water partition coefficient (Wildman–Crippen LogP) is 2.80. The first kappa shape index (κ1) is 12.5. The van der Waals surface area contributed by atoms with Crippen molar-refractivity contribution in [1.29, 1.82) is 0 Å². The van der Waals surface area contributed by atoms with Crippen LogP contribution in [0, 0.1) is 0 Å². The van der Waals surface area contributed by atoms with Gasteiger partial charge in [0.1, 0.15) is 5.75 Å². The van der Waals surface area contributed by atoms with Crippen molar-refractivity contribution in [1.82, 2.24) is 0 Å². The molecule has 0 bridgehead atoms. The van der Waals surface area contributed by atoms with Crippen molar-refractivity contribution < 1.29 is 9.84 Å². The Kier molecular flexibility index (Phi) is 4.20. The van der Waals surface area contributed by atoms with Crippen LogP contribution in [-0.4, -0.2) is 12.2 Å². The Morgan fingerprint density at radius 1 is 1.11 bits per heavy atom. The van der Waals surface area contributed by atoms with E-state index in [2.05, 4.69) is 5.32 Å². The van der Waals surface area contributed by atoms with Crippen LogP contribution in [-0.2, 0) is 13.2 Å². The zero-order chi connectivity index (χ0) is 12.8. The number of hydrogen-bond donors (Lipinski definition) is 2. The van der Waals surface area contributed by atoms with E-state index < -0.39 is 0 Å². The topological polar surface area (TPSA) is 41.5 Å². The van der Waals surface area contributed by atoms with Crippen LogP contribution in [0.25, 0.3) is 0 Å². The molecule has 2 aromatic carbocycles.